The van der Waals surface area contributed by atoms with Crippen LogP contribution in [-0.4, -0.2) is 37.5 Å². The summed E-state index contributed by atoms with van der Waals surface area (Å²) in [5.74, 6) is -0.326. The van der Waals surface area contributed by atoms with Crippen LogP contribution in [0.25, 0.3) is 0 Å². The van der Waals surface area contributed by atoms with Gasteiger partial charge in [-0.3, -0.25) is 5.01 Å². The van der Waals surface area contributed by atoms with Crippen molar-refractivity contribution in [3.05, 3.63) is 27.8 Å². The molecule has 1 aromatic rings. The Morgan fingerprint density at radius 1 is 1.55 bits per heavy atom. The topological polar surface area (TPSA) is 51.1 Å². The minimum Gasteiger partial charge on any atom is -0.461 e. The Balaban J connectivity index is 1.93. The number of carbonyl (C=O) groups excluding carboxylic acids is 1. The average molecular weight is 386 g/mol. The second-order valence-corrected chi connectivity index (χ2v) is 5.99. The number of halogens is 1. The van der Waals surface area contributed by atoms with Gasteiger partial charge in [0.25, 0.3) is 0 Å². The third-order valence-electron chi connectivity index (χ3n) is 3.49. The third kappa shape index (κ3) is 2.42. The van der Waals surface area contributed by atoms with Gasteiger partial charge in [-0.15, -0.1) is 0 Å². The van der Waals surface area contributed by atoms with Gasteiger partial charge < -0.3 is 9.47 Å². The number of fused-ring (bicyclic) bond motifs is 1. The largest absolute Gasteiger partial charge is 0.461 e. The van der Waals surface area contributed by atoms with Crippen LogP contribution in [0.2, 0.25) is 0 Å². The molecule has 0 N–H and O–H groups in total. The van der Waals surface area contributed by atoms with Gasteiger partial charge in [-0.2, -0.15) is 5.10 Å². The van der Waals surface area contributed by atoms with E-state index in [4.69, 9.17) is 9.47 Å². The van der Waals surface area contributed by atoms with Crippen LogP contribution < -0.4 is 5.01 Å². The predicted molar refractivity (Wildman–Crippen MR) is 83.8 cm³/mol. The first-order valence-electron chi connectivity index (χ1n) is 6.59. The van der Waals surface area contributed by atoms with Crippen molar-refractivity contribution in [2.24, 2.45) is 11.0 Å². The van der Waals surface area contributed by atoms with Crippen LogP contribution in [0.5, 0.6) is 0 Å². The monoisotopic (exact) mass is 386 g/mol. The van der Waals surface area contributed by atoms with E-state index in [9.17, 15) is 4.79 Å². The van der Waals surface area contributed by atoms with Crippen molar-refractivity contribution < 1.29 is 14.3 Å². The summed E-state index contributed by atoms with van der Waals surface area (Å²) in [5.41, 5.74) is 1.46. The van der Waals surface area contributed by atoms with E-state index in [-0.39, 0.29) is 17.9 Å². The van der Waals surface area contributed by atoms with Gasteiger partial charge in [-0.1, -0.05) is 6.07 Å². The minimum absolute atomic E-state index is 0.00640. The standard InChI is InChI=1S/C14H15IN2O3/c1-2-20-14(18)13-11-7-19-8-12(11)17(16-13)10-5-3-4-9(15)6-10/h3-6,11-12H,2,7-8H2,1H3. The molecule has 2 aliphatic rings. The summed E-state index contributed by atoms with van der Waals surface area (Å²) in [4.78, 5) is 12.0. The smallest absolute Gasteiger partial charge is 0.354 e. The van der Waals surface area contributed by atoms with E-state index in [0.29, 0.717) is 25.5 Å². The number of ether oxygens (including phenoxy) is 2. The Bertz CT molecular complexity index is 561. The number of benzene rings is 1. The molecule has 0 amide bonds. The molecule has 1 aromatic carbocycles. The molecule has 0 saturated carbocycles. The number of hydrogen-bond donors (Lipinski definition) is 0. The number of rotatable bonds is 3. The molecule has 2 aliphatic heterocycles. The number of nitrogens with zero attached hydrogens (tertiary/aromatic N) is 2. The Kier molecular flexibility index (Phi) is 3.93. The summed E-state index contributed by atoms with van der Waals surface area (Å²) in [7, 11) is 0. The Morgan fingerprint density at radius 2 is 2.40 bits per heavy atom. The molecule has 0 radical (unpaired) electrons. The zero-order chi connectivity index (χ0) is 14.1. The van der Waals surface area contributed by atoms with E-state index in [1.165, 1.54) is 0 Å². The number of hydrazone groups is 1. The van der Waals surface area contributed by atoms with Crippen LogP contribution in [0.3, 0.4) is 0 Å². The van der Waals surface area contributed by atoms with Crippen molar-refractivity contribution >= 4 is 40.0 Å². The van der Waals surface area contributed by atoms with Crippen molar-refractivity contribution in [2.45, 2.75) is 13.0 Å². The maximum absolute atomic E-state index is 12.0. The lowest BCUT2D eigenvalue weighted by atomic mass is 9.99. The van der Waals surface area contributed by atoms with Crippen LogP contribution >= 0.6 is 22.6 Å². The van der Waals surface area contributed by atoms with E-state index in [2.05, 4.69) is 27.7 Å². The Morgan fingerprint density at radius 3 is 3.15 bits per heavy atom. The van der Waals surface area contributed by atoms with E-state index >= 15 is 0 Å². The number of esters is 1. The zero-order valence-electron chi connectivity index (χ0n) is 11.1. The SMILES string of the molecule is CCOC(=O)C1=NN(c2cccc(I)c2)C2COCC12. The van der Waals surface area contributed by atoms with E-state index in [1.54, 1.807) is 6.92 Å². The van der Waals surface area contributed by atoms with Gasteiger partial charge >= 0.3 is 5.97 Å². The van der Waals surface area contributed by atoms with Gasteiger partial charge in [0.2, 0.25) is 0 Å². The van der Waals surface area contributed by atoms with E-state index in [1.807, 2.05) is 29.3 Å². The molecular weight excluding hydrogens is 371 g/mol. The third-order valence-corrected chi connectivity index (χ3v) is 4.16. The molecule has 0 bridgehead atoms. The normalized spacial score (nSPS) is 24.5. The van der Waals surface area contributed by atoms with Crippen LogP contribution in [0.4, 0.5) is 5.69 Å². The van der Waals surface area contributed by atoms with Crippen molar-refractivity contribution in [1.29, 1.82) is 0 Å². The van der Waals surface area contributed by atoms with Gasteiger partial charge in [-0.25, -0.2) is 4.79 Å². The van der Waals surface area contributed by atoms with Crippen LogP contribution in [0.1, 0.15) is 6.92 Å². The number of anilines is 1. The minimum atomic E-state index is -0.332. The fourth-order valence-electron chi connectivity index (χ4n) is 2.57. The van der Waals surface area contributed by atoms with Gasteiger partial charge in [0.05, 0.1) is 37.5 Å². The van der Waals surface area contributed by atoms with E-state index in [0.717, 1.165) is 9.26 Å². The van der Waals surface area contributed by atoms with Gasteiger partial charge in [0.15, 0.2) is 5.71 Å². The van der Waals surface area contributed by atoms with Gasteiger partial charge in [0.1, 0.15) is 0 Å². The lowest BCUT2D eigenvalue weighted by molar-refractivity contribution is -0.135. The highest BCUT2D eigenvalue weighted by molar-refractivity contribution is 14.1. The summed E-state index contributed by atoms with van der Waals surface area (Å²) in [6, 6.07) is 8.15. The lowest BCUT2D eigenvalue weighted by Gasteiger charge is -2.21. The molecule has 106 valence electrons. The molecule has 1 saturated heterocycles. The molecule has 2 heterocycles. The summed E-state index contributed by atoms with van der Waals surface area (Å²) >= 11 is 2.27. The molecule has 1 fully saturated rings. The van der Waals surface area contributed by atoms with Crippen LogP contribution in [0.15, 0.2) is 29.4 Å². The molecule has 0 aromatic heterocycles. The fraction of sp³-hybridized carbons (Fsp3) is 0.429. The number of hydrogen-bond acceptors (Lipinski definition) is 5. The second-order valence-electron chi connectivity index (χ2n) is 4.74. The maximum Gasteiger partial charge on any atom is 0.354 e. The molecular formula is C14H15IN2O3. The van der Waals surface area contributed by atoms with Crippen LogP contribution in [-0.2, 0) is 14.3 Å². The number of carbonyl (C=O) groups is 1. The first kappa shape index (κ1) is 13.8. The molecule has 0 aliphatic carbocycles. The Labute approximate surface area is 131 Å². The lowest BCUT2D eigenvalue weighted by Crippen LogP contribution is -2.34. The predicted octanol–water partition coefficient (Wildman–Crippen LogP) is 2.05. The summed E-state index contributed by atoms with van der Waals surface area (Å²) < 4.78 is 11.7. The second kappa shape index (κ2) is 5.69. The Hall–Kier alpha value is -1.15. The summed E-state index contributed by atoms with van der Waals surface area (Å²) in [5, 5.41) is 6.39. The average Bonchev–Trinajstić information content (AvgIpc) is 3.00. The molecule has 3 rings (SSSR count). The van der Waals surface area contributed by atoms with E-state index < -0.39 is 0 Å². The van der Waals surface area contributed by atoms with Crippen molar-refractivity contribution in [2.75, 3.05) is 24.8 Å². The highest BCUT2D eigenvalue weighted by atomic mass is 127. The van der Waals surface area contributed by atoms with Gasteiger partial charge in [0, 0.05) is 3.57 Å². The van der Waals surface area contributed by atoms with Crippen molar-refractivity contribution in [3.63, 3.8) is 0 Å². The first-order chi connectivity index (χ1) is 9.70. The van der Waals surface area contributed by atoms with Crippen molar-refractivity contribution in [3.8, 4) is 0 Å². The van der Waals surface area contributed by atoms with Crippen molar-refractivity contribution in [1.82, 2.24) is 0 Å². The molecule has 0 spiro atoms. The van der Waals surface area contributed by atoms with Gasteiger partial charge in [-0.05, 0) is 47.7 Å². The molecule has 2 atom stereocenters. The fourth-order valence-corrected chi connectivity index (χ4v) is 3.10. The highest BCUT2D eigenvalue weighted by Crippen LogP contribution is 2.33. The molecule has 5 nitrogen and oxygen atoms in total. The molecule has 6 heteroatoms. The molecule has 20 heavy (non-hydrogen) atoms. The summed E-state index contributed by atoms with van der Waals surface area (Å²) in [6.45, 7) is 3.28. The first-order valence-corrected chi connectivity index (χ1v) is 7.66. The summed E-state index contributed by atoms with van der Waals surface area (Å²) in [6.07, 6.45) is 0. The quantitative estimate of drug-likeness (QED) is 0.590. The maximum atomic E-state index is 12.0. The van der Waals surface area contributed by atoms with Crippen LogP contribution in [0, 0.1) is 9.49 Å². The zero-order valence-corrected chi connectivity index (χ0v) is 13.2. The molecule has 2 unspecified atom stereocenters. The highest BCUT2D eigenvalue weighted by Gasteiger charge is 2.45.